The van der Waals surface area contributed by atoms with E-state index in [0.29, 0.717) is 18.8 Å². The Hall–Kier alpha value is -2.53. The van der Waals surface area contributed by atoms with Gasteiger partial charge in [-0.05, 0) is 29.7 Å². The Morgan fingerprint density at radius 1 is 1.20 bits per heavy atom. The molecule has 2 aromatic carbocycles. The molecule has 0 aromatic heterocycles. The van der Waals surface area contributed by atoms with Gasteiger partial charge < -0.3 is 19.3 Å². The lowest BCUT2D eigenvalue weighted by molar-refractivity contribution is 0.104. The molecule has 5 nitrogen and oxygen atoms in total. The molecular weight excluding hydrogens is 316 g/mol. The van der Waals surface area contributed by atoms with Crippen molar-refractivity contribution in [3.8, 4) is 5.75 Å². The van der Waals surface area contributed by atoms with E-state index in [0.717, 1.165) is 35.3 Å². The molecule has 1 aliphatic heterocycles. The molecule has 0 spiro atoms. The van der Waals surface area contributed by atoms with Gasteiger partial charge in [-0.3, -0.25) is 4.79 Å². The molecule has 3 rings (SSSR count). The van der Waals surface area contributed by atoms with Gasteiger partial charge in [0.1, 0.15) is 5.75 Å². The maximum Gasteiger partial charge on any atom is 0.187 e. The Morgan fingerprint density at radius 3 is 2.64 bits per heavy atom. The van der Waals surface area contributed by atoms with Gasteiger partial charge in [-0.25, -0.2) is 0 Å². The topological polar surface area (TPSA) is 42.0 Å². The monoisotopic (exact) mass is 340 g/mol. The standard InChI is InChI=1S/C20H24N2O3/c1-21(2)7-6-20(23)16-12-15-4-5-17(24-3)14-18(15)19(13-16)22-8-10-25-11-9-22/h4-7,12-14H,8-11H2,1-3H3. The normalized spacial score (nSPS) is 14.9. The highest BCUT2D eigenvalue weighted by molar-refractivity contribution is 6.09. The zero-order valence-corrected chi connectivity index (χ0v) is 15.0. The van der Waals surface area contributed by atoms with Crippen LogP contribution in [0.4, 0.5) is 5.69 Å². The molecule has 1 aliphatic rings. The number of rotatable bonds is 5. The molecule has 2 aromatic rings. The minimum Gasteiger partial charge on any atom is -0.497 e. The molecule has 1 fully saturated rings. The van der Waals surface area contributed by atoms with Crippen LogP contribution in [0.3, 0.4) is 0 Å². The summed E-state index contributed by atoms with van der Waals surface area (Å²) in [4.78, 5) is 16.7. The van der Waals surface area contributed by atoms with E-state index in [2.05, 4.69) is 4.90 Å². The number of carbonyl (C=O) groups is 1. The van der Waals surface area contributed by atoms with Crippen LogP contribution in [-0.4, -0.2) is 58.2 Å². The van der Waals surface area contributed by atoms with Gasteiger partial charge in [-0.15, -0.1) is 0 Å². The molecule has 0 saturated carbocycles. The average Bonchev–Trinajstić information content (AvgIpc) is 2.65. The van der Waals surface area contributed by atoms with Gasteiger partial charge >= 0.3 is 0 Å². The lowest BCUT2D eigenvalue weighted by atomic mass is 10.0. The number of ether oxygens (including phenoxy) is 2. The second kappa shape index (κ2) is 7.57. The van der Waals surface area contributed by atoms with Crippen molar-refractivity contribution in [3.63, 3.8) is 0 Å². The fraction of sp³-hybridized carbons (Fsp3) is 0.350. The predicted molar refractivity (Wildman–Crippen MR) is 101 cm³/mol. The highest BCUT2D eigenvalue weighted by Gasteiger charge is 2.17. The highest BCUT2D eigenvalue weighted by Crippen LogP contribution is 2.32. The van der Waals surface area contributed by atoms with Gasteiger partial charge in [0.15, 0.2) is 5.78 Å². The maximum atomic E-state index is 12.6. The van der Waals surface area contributed by atoms with E-state index >= 15 is 0 Å². The van der Waals surface area contributed by atoms with Crippen molar-refractivity contribution in [1.82, 2.24) is 4.90 Å². The van der Waals surface area contributed by atoms with E-state index in [9.17, 15) is 4.79 Å². The Morgan fingerprint density at radius 2 is 1.96 bits per heavy atom. The molecule has 0 N–H and O–H groups in total. The molecule has 0 aliphatic carbocycles. The summed E-state index contributed by atoms with van der Waals surface area (Å²) < 4.78 is 10.9. The third-order valence-corrected chi connectivity index (χ3v) is 4.30. The third-order valence-electron chi connectivity index (χ3n) is 4.30. The van der Waals surface area contributed by atoms with Crippen molar-refractivity contribution in [2.24, 2.45) is 0 Å². The van der Waals surface area contributed by atoms with E-state index in [-0.39, 0.29) is 5.78 Å². The lowest BCUT2D eigenvalue weighted by Crippen LogP contribution is -2.36. The molecule has 5 heteroatoms. The summed E-state index contributed by atoms with van der Waals surface area (Å²) in [5.41, 5.74) is 1.75. The van der Waals surface area contributed by atoms with Crippen LogP contribution in [0.5, 0.6) is 5.75 Å². The largest absolute Gasteiger partial charge is 0.497 e. The Balaban J connectivity index is 2.09. The number of carbonyl (C=O) groups excluding carboxylic acids is 1. The molecule has 25 heavy (non-hydrogen) atoms. The van der Waals surface area contributed by atoms with Crippen molar-refractivity contribution >= 4 is 22.2 Å². The molecule has 0 unspecified atom stereocenters. The fourth-order valence-corrected chi connectivity index (χ4v) is 2.97. The van der Waals surface area contributed by atoms with Gasteiger partial charge in [0, 0.05) is 56.1 Å². The predicted octanol–water partition coefficient (Wildman–Crippen LogP) is 2.94. The summed E-state index contributed by atoms with van der Waals surface area (Å²) in [5.74, 6) is 0.814. The number of benzene rings is 2. The summed E-state index contributed by atoms with van der Waals surface area (Å²) in [7, 11) is 5.46. The van der Waals surface area contributed by atoms with E-state index in [4.69, 9.17) is 9.47 Å². The second-order valence-corrected chi connectivity index (χ2v) is 6.33. The summed E-state index contributed by atoms with van der Waals surface area (Å²) >= 11 is 0. The van der Waals surface area contributed by atoms with Gasteiger partial charge in [0.2, 0.25) is 0 Å². The zero-order valence-electron chi connectivity index (χ0n) is 15.0. The highest BCUT2D eigenvalue weighted by atomic mass is 16.5. The minimum atomic E-state index is 0.000859. The van der Waals surface area contributed by atoms with Gasteiger partial charge in [-0.2, -0.15) is 0 Å². The van der Waals surface area contributed by atoms with Gasteiger partial charge in [0.25, 0.3) is 0 Å². The Kier molecular flexibility index (Phi) is 5.24. The number of allylic oxidation sites excluding steroid dienone is 1. The van der Waals surface area contributed by atoms with Crippen molar-refractivity contribution in [2.75, 3.05) is 52.4 Å². The summed E-state index contributed by atoms with van der Waals surface area (Å²) in [6.45, 7) is 3.03. The smallest absolute Gasteiger partial charge is 0.187 e. The van der Waals surface area contributed by atoms with Crippen molar-refractivity contribution in [2.45, 2.75) is 0 Å². The van der Waals surface area contributed by atoms with Crippen LogP contribution in [-0.2, 0) is 4.74 Å². The SMILES string of the molecule is COc1ccc2cc(C(=O)C=CN(C)C)cc(N3CCOCC3)c2c1. The number of anilines is 1. The molecule has 0 amide bonds. The van der Waals surface area contributed by atoms with Crippen molar-refractivity contribution in [3.05, 3.63) is 48.2 Å². The number of hydrogen-bond donors (Lipinski definition) is 0. The van der Waals surface area contributed by atoms with E-state index in [1.165, 1.54) is 0 Å². The second-order valence-electron chi connectivity index (χ2n) is 6.33. The minimum absolute atomic E-state index is 0.000859. The first-order chi connectivity index (χ1) is 12.1. The van der Waals surface area contributed by atoms with Crippen LogP contribution in [0.2, 0.25) is 0 Å². The number of ketones is 1. The third kappa shape index (κ3) is 3.94. The van der Waals surface area contributed by atoms with Crippen LogP contribution in [0.15, 0.2) is 42.6 Å². The number of morpholine rings is 1. The number of methoxy groups -OCH3 is 1. The number of fused-ring (bicyclic) bond motifs is 1. The van der Waals surface area contributed by atoms with Crippen molar-refractivity contribution in [1.29, 1.82) is 0 Å². The first-order valence-electron chi connectivity index (χ1n) is 8.42. The Labute approximate surface area is 148 Å². The van der Waals surface area contributed by atoms with Crippen LogP contribution >= 0.6 is 0 Å². The maximum absolute atomic E-state index is 12.6. The lowest BCUT2D eigenvalue weighted by Gasteiger charge is -2.30. The number of hydrogen-bond acceptors (Lipinski definition) is 5. The molecular formula is C20H24N2O3. The van der Waals surface area contributed by atoms with E-state index < -0.39 is 0 Å². The fourth-order valence-electron chi connectivity index (χ4n) is 2.97. The average molecular weight is 340 g/mol. The van der Waals surface area contributed by atoms with Crippen molar-refractivity contribution < 1.29 is 14.3 Å². The summed E-state index contributed by atoms with van der Waals surface area (Å²) in [5, 5.41) is 2.13. The first-order valence-corrected chi connectivity index (χ1v) is 8.42. The van der Waals surface area contributed by atoms with E-state index in [1.807, 2.05) is 49.3 Å². The summed E-state index contributed by atoms with van der Waals surface area (Å²) in [6.07, 6.45) is 3.38. The van der Waals surface area contributed by atoms with Crippen LogP contribution in [0.1, 0.15) is 10.4 Å². The van der Waals surface area contributed by atoms with Gasteiger partial charge in [-0.1, -0.05) is 6.07 Å². The van der Waals surface area contributed by atoms with Crippen LogP contribution in [0.25, 0.3) is 10.8 Å². The van der Waals surface area contributed by atoms with Crippen LogP contribution in [0, 0.1) is 0 Å². The summed E-state index contributed by atoms with van der Waals surface area (Å²) in [6, 6.07) is 9.89. The first kappa shape index (κ1) is 17.3. The Bertz CT molecular complexity index is 793. The molecule has 0 atom stereocenters. The quantitative estimate of drug-likeness (QED) is 0.618. The number of nitrogens with zero attached hydrogens (tertiary/aromatic N) is 2. The van der Waals surface area contributed by atoms with Crippen LogP contribution < -0.4 is 9.64 Å². The molecule has 0 bridgehead atoms. The molecule has 1 saturated heterocycles. The van der Waals surface area contributed by atoms with E-state index in [1.54, 1.807) is 19.4 Å². The van der Waals surface area contributed by atoms with Gasteiger partial charge in [0.05, 0.1) is 20.3 Å². The molecule has 0 radical (unpaired) electrons. The zero-order chi connectivity index (χ0) is 17.8. The molecule has 1 heterocycles. The molecule has 132 valence electrons.